The molecule has 0 amide bonds. The molecule has 2 unspecified atom stereocenters. The number of likely N-dealkylation sites (N-methyl/N-ethyl adjacent to an activating group) is 1. The Morgan fingerprint density at radius 3 is 2.61 bits per heavy atom. The van der Waals surface area contributed by atoms with Crippen molar-refractivity contribution >= 4 is 0 Å². The van der Waals surface area contributed by atoms with E-state index in [1.807, 2.05) is 0 Å². The molecular formula is C15H33N3. The molecule has 0 aromatic heterocycles. The van der Waals surface area contributed by atoms with Crippen LogP contribution in [0.3, 0.4) is 0 Å². The Labute approximate surface area is 114 Å². The first kappa shape index (κ1) is 15.9. The molecule has 0 radical (unpaired) electrons. The maximum absolute atomic E-state index is 3.67. The number of hydrogen-bond donors (Lipinski definition) is 1. The van der Waals surface area contributed by atoms with Crippen LogP contribution in [0.15, 0.2) is 0 Å². The molecule has 2 atom stereocenters. The van der Waals surface area contributed by atoms with Crippen LogP contribution < -0.4 is 5.32 Å². The molecule has 1 rings (SSSR count). The van der Waals surface area contributed by atoms with Crippen molar-refractivity contribution in [1.82, 2.24) is 15.1 Å². The van der Waals surface area contributed by atoms with Crippen molar-refractivity contribution in [2.45, 2.75) is 52.1 Å². The lowest BCUT2D eigenvalue weighted by Gasteiger charge is -2.31. The molecular weight excluding hydrogens is 222 g/mol. The highest BCUT2D eigenvalue weighted by molar-refractivity contribution is 4.86. The molecule has 0 spiro atoms. The highest BCUT2D eigenvalue weighted by Gasteiger charge is 2.28. The van der Waals surface area contributed by atoms with Gasteiger partial charge in [0.25, 0.3) is 0 Å². The van der Waals surface area contributed by atoms with Gasteiger partial charge in [0.15, 0.2) is 0 Å². The van der Waals surface area contributed by atoms with E-state index in [1.165, 1.54) is 45.4 Å². The summed E-state index contributed by atoms with van der Waals surface area (Å²) in [7, 11) is 4.38. The molecule has 0 aliphatic carbocycles. The average Bonchev–Trinajstić information content (AvgIpc) is 2.72. The van der Waals surface area contributed by atoms with Crippen LogP contribution in [0, 0.1) is 5.92 Å². The number of hydrogen-bond acceptors (Lipinski definition) is 3. The van der Waals surface area contributed by atoms with Crippen molar-refractivity contribution in [2.24, 2.45) is 5.92 Å². The molecule has 3 nitrogen and oxygen atoms in total. The van der Waals surface area contributed by atoms with Crippen LogP contribution in [-0.2, 0) is 0 Å². The number of nitrogens with zero attached hydrogens (tertiary/aromatic N) is 2. The number of likely N-dealkylation sites (tertiary alicyclic amines) is 1. The van der Waals surface area contributed by atoms with Gasteiger partial charge in [-0.05, 0) is 45.8 Å². The van der Waals surface area contributed by atoms with Crippen molar-refractivity contribution in [3.05, 3.63) is 0 Å². The molecule has 0 saturated carbocycles. The predicted octanol–water partition coefficient (Wildman–Crippen LogP) is 2.04. The molecule has 108 valence electrons. The van der Waals surface area contributed by atoms with E-state index in [0.717, 1.165) is 18.0 Å². The Kier molecular flexibility index (Phi) is 7.20. The molecule has 1 aliphatic rings. The quantitative estimate of drug-likeness (QED) is 0.716. The van der Waals surface area contributed by atoms with Gasteiger partial charge in [-0.1, -0.05) is 20.8 Å². The van der Waals surface area contributed by atoms with Gasteiger partial charge in [0.2, 0.25) is 0 Å². The van der Waals surface area contributed by atoms with Crippen LogP contribution in [0.1, 0.15) is 40.0 Å². The van der Waals surface area contributed by atoms with E-state index in [1.54, 1.807) is 0 Å². The van der Waals surface area contributed by atoms with Crippen LogP contribution in [0.5, 0.6) is 0 Å². The minimum atomic E-state index is 0.724. The third kappa shape index (κ3) is 5.68. The minimum absolute atomic E-state index is 0.724. The van der Waals surface area contributed by atoms with Gasteiger partial charge in [0.05, 0.1) is 0 Å². The fraction of sp³-hybridized carbons (Fsp3) is 1.00. The number of nitrogens with one attached hydrogen (secondary N) is 1. The monoisotopic (exact) mass is 255 g/mol. The van der Waals surface area contributed by atoms with Gasteiger partial charge in [-0.3, -0.25) is 4.90 Å². The molecule has 18 heavy (non-hydrogen) atoms. The Bertz CT molecular complexity index is 206. The molecule has 0 aromatic rings. The van der Waals surface area contributed by atoms with Gasteiger partial charge >= 0.3 is 0 Å². The Balaban J connectivity index is 2.43. The first-order chi connectivity index (χ1) is 8.52. The summed E-state index contributed by atoms with van der Waals surface area (Å²) in [6, 6.07) is 1.45. The van der Waals surface area contributed by atoms with Crippen LogP contribution in [0.4, 0.5) is 0 Å². The topological polar surface area (TPSA) is 18.5 Å². The zero-order valence-corrected chi connectivity index (χ0v) is 13.1. The SMILES string of the molecule is CCCNC1CCN(C(CC(C)C)CN(C)C)C1. The zero-order chi connectivity index (χ0) is 13.5. The van der Waals surface area contributed by atoms with Gasteiger partial charge in [-0.25, -0.2) is 0 Å². The van der Waals surface area contributed by atoms with Gasteiger partial charge in [-0.15, -0.1) is 0 Å². The summed E-state index contributed by atoms with van der Waals surface area (Å²) in [5.41, 5.74) is 0. The van der Waals surface area contributed by atoms with E-state index in [9.17, 15) is 0 Å². The first-order valence-corrected chi connectivity index (χ1v) is 7.65. The summed E-state index contributed by atoms with van der Waals surface area (Å²) < 4.78 is 0. The zero-order valence-electron chi connectivity index (χ0n) is 13.1. The summed E-state index contributed by atoms with van der Waals surface area (Å²) in [5, 5.41) is 3.67. The lowest BCUT2D eigenvalue weighted by Crippen LogP contribution is -2.43. The van der Waals surface area contributed by atoms with Crippen molar-refractivity contribution in [3.8, 4) is 0 Å². The van der Waals surface area contributed by atoms with Gasteiger partial charge < -0.3 is 10.2 Å². The van der Waals surface area contributed by atoms with Crippen molar-refractivity contribution in [3.63, 3.8) is 0 Å². The molecule has 1 heterocycles. The van der Waals surface area contributed by atoms with E-state index in [4.69, 9.17) is 0 Å². The van der Waals surface area contributed by atoms with E-state index in [-0.39, 0.29) is 0 Å². The molecule has 3 heteroatoms. The van der Waals surface area contributed by atoms with E-state index >= 15 is 0 Å². The van der Waals surface area contributed by atoms with E-state index in [0.29, 0.717) is 0 Å². The standard InChI is InChI=1S/C15H33N3/c1-6-8-16-14-7-9-18(11-14)15(10-13(2)3)12-17(4)5/h13-16H,6-12H2,1-5H3. The first-order valence-electron chi connectivity index (χ1n) is 7.65. The van der Waals surface area contributed by atoms with Crippen LogP contribution in [-0.4, -0.2) is 62.2 Å². The lowest BCUT2D eigenvalue weighted by molar-refractivity contribution is 0.168. The fourth-order valence-corrected chi connectivity index (χ4v) is 2.94. The second-order valence-corrected chi connectivity index (χ2v) is 6.48. The van der Waals surface area contributed by atoms with Crippen LogP contribution >= 0.6 is 0 Å². The van der Waals surface area contributed by atoms with Gasteiger partial charge in [0, 0.05) is 31.7 Å². The van der Waals surface area contributed by atoms with Crippen molar-refractivity contribution in [2.75, 3.05) is 40.3 Å². The maximum Gasteiger partial charge on any atom is 0.0226 e. The second kappa shape index (κ2) is 8.13. The third-order valence-electron chi connectivity index (χ3n) is 3.74. The van der Waals surface area contributed by atoms with Crippen molar-refractivity contribution in [1.29, 1.82) is 0 Å². The Morgan fingerprint density at radius 2 is 2.06 bits per heavy atom. The molecule has 1 aliphatic heterocycles. The average molecular weight is 255 g/mol. The summed E-state index contributed by atoms with van der Waals surface area (Å²) in [6.45, 7) is 11.8. The highest BCUT2D eigenvalue weighted by Crippen LogP contribution is 2.18. The summed E-state index contributed by atoms with van der Waals surface area (Å²) >= 11 is 0. The predicted molar refractivity (Wildman–Crippen MR) is 80.1 cm³/mol. The summed E-state index contributed by atoms with van der Waals surface area (Å²) in [5.74, 6) is 0.789. The third-order valence-corrected chi connectivity index (χ3v) is 3.74. The normalized spacial score (nSPS) is 23.2. The number of rotatable bonds is 8. The molecule has 0 aromatic carbocycles. The lowest BCUT2D eigenvalue weighted by atomic mass is 10.0. The van der Waals surface area contributed by atoms with Crippen molar-refractivity contribution < 1.29 is 0 Å². The molecule has 1 fully saturated rings. The maximum atomic E-state index is 3.67. The largest absolute Gasteiger partial charge is 0.313 e. The molecule has 0 bridgehead atoms. The Morgan fingerprint density at radius 1 is 1.33 bits per heavy atom. The van der Waals surface area contributed by atoms with E-state index in [2.05, 4.69) is 50.0 Å². The smallest absolute Gasteiger partial charge is 0.0226 e. The molecule has 1 saturated heterocycles. The van der Waals surface area contributed by atoms with E-state index < -0.39 is 0 Å². The highest BCUT2D eigenvalue weighted by atomic mass is 15.2. The minimum Gasteiger partial charge on any atom is -0.313 e. The Hall–Kier alpha value is -0.120. The van der Waals surface area contributed by atoms with Gasteiger partial charge in [0.1, 0.15) is 0 Å². The van der Waals surface area contributed by atoms with Crippen LogP contribution in [0.25, 0.3) is 0 Å². The van der Waals surface area contributed by atoms with Crippen LogP contribution in [0.2, 0.25) is 0 Å². The second-order valence-electron chi connectivity index (χ2n) is 6.48. The molecule has 1 N–H and O–H groups in total. The summed E-state index contributed by atoms with van der Waals surface area (Å²) in [4.78, 5) is 5.03. The van der Waals surface area contributed by atoms with Gasteiger partial charge in [-0.2, -0.15) is 0 Å². The summed E-state index contributed by atoms with van der Waals surface area (Å²) in [6.07, 6.45) is 3.88. The fourth-order valence-electron chi connectivity index (χ4n) is 2.94.